The van der Waals surface area contributed by atoms with Gasteiger partial charge in [0.25, 0.3) is 0 Å². The van der Waals surface area contributed by atoms with E-state index in [0.29, 0.717) is 5.13 Å². The van der Waals surface area contributed by atoms with E-state index < -0.39 is 0 Å². The topological polar surface area (TPSA) is 53.7 Å². The molecule has 0 N–H and O–H groups in total. The van der Waals surface area contributed by atoms with Crippen molar-refractivity contribution >= 4 is 71.4 Å². The first-order valence-corrected chi connectivity index (χ1v) is 10.4. The molecule has 130 valence electrons. The van der Waals surface area contributed by atoms with Crippen LogP contribution in [-0.4, -0.2) is 24.1 Å². The summed E-state index contributed by atoms with van der Waals surface area (Å²) in [7, 11) is 5.24. The number of thiazole rings is 1. The molecule has 0 radical (unpaired) electrons. The fourth-order valence-corrected chi connectivity index (χ4v) is 4.12. The van der Waals surface area contributed by atoms with Crippen molar-refractivity contribution in [3.63, 3.8) is 0 Å². The van der Waals surface area contributed by atoms with Gasteiger partial charge in [-0.1, -0.05) is 17.4 Å². The largest absolute Gasteiger partial charge is 1.00 e. The molecule has 0 saturated carbocycles. The third kappa shape index (κ3) is 4.47. The Morgan fingerprint density at radius 2 is 1.93 bits per heavy atom. The van der Waals surface area contributed by atoms with Crippen LogP contribution < -0.4 is 34.5 Å². The first-order chi connectivity index (χ1) is 12.6. The van der Waals surface area contributed by atoms with Gasteiger partial charge in [-0.2, -0.15) is 0 Å². The average Bonchev–Trinajstić information content (AvgIpc) is 3.05. The Bertz CT molecular complexity index is 1070. The zero-order chi connectivity index (χ0) is 18.1. The van der Waals surface area contributed by atoms with Gasteiger partial charge in [-0.3, -0.25) is 15.8 Å². The number of fused-ring (bicyclic) bond motifs is 2. The fraction of sp³-hybridized carbons (Fsp3) is 0.111. The number of hydrogen-bond donors (Lipinski definition) is 0. The zero-order valence-electron chi connectivity index (χ0n) is 15.1. The van der Waals surface area contributed by atoms with Gasteiger partial charge in [0.05, 0.1) is 21.4 Å². The standard InChI is InChI=1S/C18H15N5S3.Na/c1-23(2)12-5-6-13(17(9-12)26-24)21-22-18-20-15-8-11-4-3-7-19-14(11)10-16(15)25-18;/h3-10,24H,1-2H3;/q;+1/p-1. The van der Waals surface area contributed by atoms with E-state index in [1.807, 2.05) is 61.5 Å². The van der Waals surface area contributed by atoms with Crippen molar-refractivity contribution in [1.29, 1.82) is 0 Å². The van der Waals surface area contributed by atoms with Crippen LogP contribution in [0, 0.1) is 0 Å². The second kappa shape index (κ2) is 8.89. The summed E-state index contributed by atoms with van der Waals surface area (Å²) in [5.74, 6) is 0. The van der Waals surface area contributed by atoms with Gasteiger partial charge in [-0.25, -0.2) is 4.98 Å². The summed E-state index contributed by atoms with van der Waals surface area (Å²) < 4.78 is 1.05. The van der Waals surface area contributed by atoms with Crippen molar-refractivity contribution in [1.82, 2.24) is 9.97 Å². The Morgan fingerprint density at radius 1 is 1.07 bits per heavy atom. The molecular formula is C18H14N5NaS3. The van der Waals surface area contributed by atoms with Crippen molar-refractivity contribution in [2.24, 2.45) is 10.2 Å². The zero-order valence-corrected chi connectivity index (χ0v) is 19.5. The van der Waals surface area contributed by atoms with Gasteiger partial charge in [0.1, 0.15) is 0 Å². The normalized spacial score (nSPS) is 11.2. The minimum Gasteiger partial charge on any atom is -0.714 e. The summed E-state index contributed by atoms with van der Waals surface area (Å²) in [5, 5.41) is 10.4. The number of nitrogens with zero attached hydrogens (tertiary/aromatic N) is 5. The van der Waals surface area contributed by atoms with Crippen LogP contribution in [0.5, 0.6) is 0 Å². The summed E-state index contributed by atoms with van der Waals surface area (Å²) >= 11 is 6.66. The van der Waals surface area contributed by atoms with E-state index in [1.165, 1.54) is 22.1 Å². The van der Waals surface area contributed by atoms with Crippen molar-refractivity contribution in [2.75, 3.05) is 19.0 Å². The minimum absolute atomic E-state index is 0. The Hall–Kier alpha value is -1.16. The molecule has 0 aliphatic heterocycles. The smallest absolute Gasteiger partial charge is 0.714 e. The predicted molar refractivity (Wildman–Crippen MR) is 113 cm³/mol. The maximum absolute atomic E-state index is 5.16. The van der Waals surface area contributed by atoms with Gasteiger partial charge in [0, 0.05) is 36.3 Å². The molecular weight excluding hydrogens is 405 g/mol. The molecule has 0 amide bonds. The summed E-state index contributed by atoms with van der Waals surface area (Å²) in [6.07, 6.45) is 1.79. The van der Waals surface area contributed by atoms with Gasteiger partial charge in [0.2, 0.25) is 5.13 Å². The minimum atomic E-state index is 0. The Labute approximate surface area is 192 Å². The molecule has 4 aromatic rings. The van der Waals surface area contributed by atoms with Crippen LogP contribution in [0.15, 0.2) is 63.8 Å². The third-order valence-electron chi connectivity index (χ3n) is 3.89. The Kier molecular flexibility index (Phi) is 6.78. The molecule has 5 nitrogen and oxygen atoms in total. The van der Waals surface area contributed by atoms with E-state index in [9.17, 15) is 0 Å². The molecule has 0 fully saturated rings. The molecule has 0 saturated heterocycles. The Morgan fingerprint density at radius 3 is 2.70 bits per heavy atom. The van der Waals surface area contributed by atoms with Gasteiger partial charge in [0.15, 0.2) is 0 Å². The number of pyridine rings is 1. The van der Waals surface area contributed by atoms with Gasteiger partial charge in [-0.05, 0) is 36.4 Å². The molecule has 4 rings (SSSR count). The molecule has 2 heterocycles. The molecule has 0 unspecified atom stereocenters. The number of rotatable bonds is 4. The van der Waals surface area contributed by atoms with E-state index in [4.69, 9.17) is 11.7 Å². The second-order valence-electron chi connectivity index (χ2n) is 5.84. The van der Waals surface area contributed by atoms with Gasteiger partial charge in [-0.15, -0.1) is 10.2 Å². The van der Waals surface area contributed by atoms with Crippen LogP contribution >= 0.6 is 22.1 Å². The van der Waals surface area contributed by atoms with Crippen molar-refractivity contribution in [2.45, 2.75) is 4.90 Å². The van der Waals surface area contributed by atoms with Crippen LogP contribution in [0.4, 0.5) is 16.5 Å². The second-order valence-corrected chi connectivity index (χ2v) is 7.96. The SMILES string of the molecule is CN(C)c1ccc(N=Nc2nc3cc4cccnc4cc3s2)c(S[S-])c1.[Na+]. The molecule has 2 aromatic heterocycles. The maximum atomic E-state index is 5.16. The predicted octanol–water partition coefficient (Wildman–Crippen LogP) is 2.88. The quantitative estimate of drug-likeness (QED) is 0.220. The van der Waals surface area contributed by atoms with Gasteiger partial charge >= 0.3 is 29.6 Å². The number of benzene rings is 2. The van der Waals surface area contributed by atoms with Crippen LogP contribution in [0.2, 0.25) is 0 Å². The molecule has 0 bridgehead atoms. The van der Waals surface area contributed by atoms with Gasteiger partial charge < -0.3 is 16.6 Å². The van der Waals surface area contributed by atoms with E-state index in [2.05, 4.69) is 20.2 Å². The third-order valence-corrected chi connectivity index (χ3v) is 5.84. The van der Waals surface area contributed by atoms with Crippen LogP contribution in [0.25, 0.3) is 21.1 Å². The summed E-state index contributed by atoms with van der Waals surface area (Å²) in [4.78, 5) is 11.9. The summed E-state index contributed by atoms with van der Waals surface area (Å²) in [6, 6.07) is 14.0. The fourth-order valence-electron chi connectivity index (χ4n) is 2.55. The molecule has 27 heavy (non-hydrogen) atoms. The first kappa shape index (κ1) is 20.6. The molecule has 0 aliphatic rings. The van der Waals surface area contributed by atoms with Crippen LogP contribution in [-0.2, 0) is 11.7 Å². The Balaban J connectivity index is 0.00000210. The van der Waals surface area contributed by atoms with Crippen LogP contribution in [0.1, 0.15) is 0 Å². The van der Waals surface area contributed by atoms with E-state index in [1.54, 1.807) is 6.20 Å². The molecule has 2 aromatic carbocycles. The van der Waals surface area contributed by atoms with E-state index in [0.717, 1.165) is 37.4 Å². The number of azo groups is 1. The van der Waals surface area contributed by atoms with Crippen molar-refractivity contribution < 1.29 is 29.6 Å². The van der Waals surface area contributed by atoms with Crippen LogP contribution in [0.3, 0.4) is 0 Å². The monoisotopic (exact) mass is 419 g/mol. The van der Waals surface area contributed by atoms with Crippen molar-refractivity contribution in [3.05, 3.63) is 48.7 Å². The number of aromatic nitrogens is 2. The van der Waals surface area contributed by atoms with E-state index >= 15 is 0 Å². The summed E-state index contributed by atoms with van der Waals surface area (Å²) in [6.45, 7) is 0. The maximum Gasteiger partial charge on any atom is 1.00 e. The molecule has 0 spiro atoms. The van der Waals surface area contributed by atoms with E-state index in [-0.39, 0.29) is 29.6 Å². The number of anilines is 1. The van der Waals surface area contributed by atoms with Crippen molar-refractivity contribution in [3.8, 4) is 0 Å². The number of hydrogen-bond acceptors (Lipinski definition) is 8. The average molecular weight is 420 g/mol. The first-order valence-electron chi connectivity index (χ1n) is 7.82. The molecule has 0 atom stereocenters. The molecule has 0 aliphatic carbocycles. The molecule has 9 heteroatoms. The summed E-state index contributed by atoms with van der Waals surface area (Å²) in [5.41, 5.74) is 3.69.